The minimum Gasteiger partial charge on any atom is -0.493 e. The van der Waals surface area contributed by atoms with Crippen molar-refractivity contribution < 1.29 is 24.2 Å². The summed E-state index contributed by atoms with van der Waals surface area (Å²) in [4.78, 5) is 23.6. The van der Waals surface area contributed by atoms with E-state index in [1.165, 1.54) is 26.4 Å². The molecule has 1 aliphatic carbocycles. The number of H-pyrrole nitrogens is 1. The summed E-state index contributed by atoms with van der Waals surface area (Å²) in [6.45, 7) is 0. The largest absolute Gasteiger partial charge is 0.493 e. The molecule has 8 nitrogen and oxygen atoms in total. The van der Waals surface area contributed by atoms with Crippen molar-refractivity contribution in [1.82, 2.24) is 10.2 Å². The predicted octanol–water partition coefficient (Wildman–Crippen LogP) is 2.25. The van der Waals surface area contributed by atoms with E-state index in [9.17, 15) is 14.7 Å². The molecule has 0 saturated heterocycles. The van der Waals surface area contributed by atoms with Crippen molar-refractivity contribution in [1.29, 1.82) is 0 Å². The number of amides is 1. The number of aromatic amines is 1. The SMILES string of the molecule is COc1cc(C(=O)O)cc(NC(=O)c2cc(C3CC3)[nH]n2)c1OC. The first-order chi connectivity index (χ1) is 11.5. The maximum Gasteiger partial charge on any atom is 0.335 e. The van der Waals surface area contributed by atoms with Crippen LogP contribution < -0.4 is 14.8 Å². The highest BCUT2D eigenvalue weighted by atomic mass is 16.5. The third-order valence-electron chi connectivity index (χ3n) is 3.82. The van der Waals surface area contributed by atoms with E-state index in [4.69, 9.17) is 9.47 Å². The van der Waals surface area contributed by atoms with Crippen molar-refractivity contribution >= 4 is 17.6 Å². The lowest BCUT2D eigenvalue weighted by Gasteiger charge is -2.14. The van der Waals surface area contributed by atoms with Gasteiger partial charge in [-0.2, -0.15) is 5.10 Å². The van der Waals surface area contributed by atoms with Gasteiger partial charge in [-0.05, 0) is 31.0 Å². The molecule has 1 aliphatic rings. The molecule has 0 spiro atoms. The van der Waals surface area contributed by atoms with Crippen LogP contribution in [0.15, 0.2) is 18.2 Å². The molecule has 1 amide bonds. The first-order valence-corrected chi connectivity index (χ1v) is 7.39. The number of carbonyl (C=O) groups is 2. The zero-order valence-corrected chi connectivity index (χ0v) is 13.3. The molecule has 0 aliphatic heterocycles. The third-order valence-corrected chi connectivity index (χ3v) is 3.82. The van der Waals surface area contributed by atoms with Crippen LogP contribution in [0.5, 0.6) is 11.5 Å². The van der Waals surface area contributed by atoms with Gasteiger partial charge < -0.3 is 19.9 Å². The molecular weight excluding hydrogens is 314 g/mol. The zero-order valence-electron chi connectivity index (χ0n) is 13.3. The quantitative estimate of drug-likeness (QED) is 0.748. The van der Waals surface area contributed by atoms with Crippen molar-refractivity contribution in [3.8, 4) is 11.5 Å². The average molecular weight is 331 g/mol. The number of methoxy groups -OCH3 is 2. The van der Waals surface area contributed by atoms with Gasteiger partial charge in [-0.3, -0.25) is 9.89 Å². The molecule has 8 heteroatoms. The Balaban J connectivity index is 1.90. The number of carbonyl (C=O) groups excluding carboxylic acids is 1. The van der Waals surface area contributed by atoms with Crippen molar-refractivity contribution in [2.75, 3.05) is 19.5 Å². The molecule has 0 bridgehead atoms. The third kappa shape index (κ3) is 3.03. The molecule has 0 radical (unpaired) electrons. The molecule has 1 aromatic heterocycles. The molecule has 0 unspecified atom stereocenters. The van der Waals surface area contributed by atoms with Gasteiger partial charge in [0.1, 0.15) is 0 Å². The number of aromatic nitrogens is 2. The summed E-state index contributed by atoms with van der Waals surface area (Å²) in [5.41, 5.74) is 1.35. The summed E-state index contributed by atoms with van der Waals surface area (Å²) < 4.78 is 10.4. The second-order valence-electron chi connectivity index (χ2n) is 5.50. The number of hydrogen-bond acceptors (Lipinski definition) is 5. The monoisotopic (exact) mass is 331 g/mol. The van der Waals surface area contributed by atoms with Crippen molar-refractivity contribution in [3.63, 3.8) is 0 Å². The fourth-order valence-corrected chi connectivity index (χ4v) is 2.42. The first-order valence-electron chi connectivity index (χ1n) is 7.39. The number of nitrogens with one attached hydrogen (secondary N) is 2. The molecule has 0 atom stereocenters. The van der Waals surface area contributed by atoms with Gasteiger partial charge in [-0.25, -0.2) is 4.79 Å². The number of carboxylic acid groups (broad SMARTS) is 1. The Morgan fingerprint density at radius 1 is 1.25 bits per heavy atom. The summed E-state index contributed by atoms with van der Waals surface area (Å²) in [5.74, 6) is -0.686. The lowest BCUT2D eigenvalue weighted by molar-refractivity contribution is 0.0696. The Morgan fingerprint density at radius 2 is 2.00 bits per heavy atom. The highest BCUT2D eigenvalue weighted by molar-refractivity contribution is 6.05. The molecular formula is C16H17N3O5. The molecule has 126 valence electrons. The van der Waals surface area contributed by atoms with E-state index < -0.39 is 11.9 Å². The summed E-state index contributed by atoms with van der Waals surface area (Å²) in [6, 6.07) is 4.35. The molecule has 1 fully saturated rings. The lowest BCUT2D eigenvalue weighted by Crippen LogP contribution is -2.14. The summed E-state index contributed by atoms with van der Waals surface area (Å²) >= 11 is 0. The van der Waals surface area contributed by atoms with Gasteiger partial charge in [0.25, 0.3) is 5.91 Å². The fraction of sp³-hybridized carbons (Fsp3) is 0.312. The number of anilines is 1. The van der Waals surface area contributed by atoms with Crippen LogP contribution in [0.4, 0.5) is 5.69 Å². The van der Waals surface area contributed by atoms with E-state index in [1.807, 2.05) is 0 Å². The van der Waals surface area contributed by atoms with Crippen LogP contribution in [0.3, 0.4) is 0 Å². The molecule has 2 aromatic rings. The van der Waals surface area contributed by atoms with Crippen LogP contribution in [-0.2, 0) is 0 Å². The fourth-order valence-electron chi connectivity index (χ4n) is 2.42. The number of rotatable bonds is 6. The molecule has 1 aromatic carbocycles. The average Bonchev–Trinajstić information content (AvgIpc) is 3.30. The number of ether oxygens (including phenoxy) is 2. The number of benzene rings is 1. The van der Waals surface area contributed by atoms with Gasteiger partial charge >= 0.3 is 5.97 Å². The van der Waals surface area contributed by atoms with Gasteiger partial charge in [0.05, 0.1) is 25.5 Å². The second kappa shape index (κ2) is 6.23. The molecule has 24 heavy (non-hydrogen) atoms. The minimum atomic E-state index is -1.14. The van der Waals surface area contributed by atoms with E-state index in [1.54, 1.807) is 6.07 Å². The van der Waals surface area contributed by atoms with Gasteiger partial charge in [0.15, 0.2) is 17.2 Å². The Hall–Kier alpha value is -3.03. The standard InChI is InChI=1S/C16H17N3O5/c1-23-13-6-9(16(21)22)5-11(14(13)24-2)17-15(20)12-7-10(18-19-12)8-3-4-8/h5-8H,3-4H2,1-2H3,(H,17,20)(H,18,19)(H,21,22). The van der Waals surface area contributed by atoms with Crippen molar-refractivity contribution in [2.45, 2.75) is 18.8 Å². The van der Waals surface area contributed by atoms with Crippen LogP contribution >= 0.6 is 0 Å². The number of hydrogen-bond donors (Lipinski definition) is 3. The Kier molecular flexibility index (Phi) is 4.11. The highest BCUT2D eigenvalue weighted by Gasteiger charge is 2.27. The van der Waals surface area contributed by atoms with Gasteiger partial charge in [-0.15, -0.1) is 0 Å². The lowest BCUT2D eigenvalue weighted by atomic mass is 10.1. The summed E-state index contributed by atoms with van der Waals surface area (Å²) in [6.07, 6.45) is 2.18. The predicted molar refractivity (Wildman–Crippen MR) is 85.0 cm³/mol. The molecule has 3 rings (SSSR count). The minimum absolute atomic E-state index is 0.0244. The van der Waals surface area contributed by atoms with E-state index >= 15 is 0 Å². The highest BCUT2D eigenvalue weighted by Crippen LogP contribution is 2.39. The van der Waals surface area contributed by atoms with Crippen LogP contribution in [0.2, 0.25) is 0 Å². The van der Waals surface area contributed by atoms with E-state index in [2.05, 4.69) is 15.5 Å². The van der Waals surface area contributed by atoms with Crippen molar-refractivity contribution in [3.05, 3.63) is 35.2 Å². The van der Waals surface area contributed by atoms with Gasteiger partial charge in [0, 0.05) is 11.6 Å². The topological polar surface area (TPSA) is 114 Å². The molecule has 3 N–H and O–H groups in total. The van der Waals surface area contributed by atoms with Crippen LogP contribution in [-0.4, -0.2) is 41.4 Å². The van der Waals surface area contributed by atoms with Crippen LogP contribution in [0.25, 0.3) is 0 Å². The van der Waals surface area contributed by atoms with E-state index in [0.29, 0.717) is 5.92 Å². The summed E-state index contributed by atoms with van der Waals surface area (Å²) in [7, 11) is 2.80. The Morgan fingerprint density at radius 3 is 2.58 bits per heavy atom. The van der Waals surface area contributed by atoms with E-state index in [-0.39, 0.29) is 28.4 Å². The number of aromatic carboxylic acids is 1. The maximum absolute atomic E-state index is 12.4. The summed E-state index contributed by atoms with van der Waals surface area (Å²) in [5, 5.41) is 18.7. The Bertz CT molecular complexity index is 795. The van der Waals surface area contributed by atoms with Crippen LogP contribution in [0, 0.1) is 0 Å². The normalized spacial score (nSPS) is 13.4. The molecule has 1 saturated carbocycles. The number of carboxylic acids is 1. The van der Waals surface area contributed by atoms with Crippen LogP contribution in [0.1, 0.15) is 45.3 Å². The van der Waals surface area contributed by atoms with Gasteiger partial charge in [-0.1, -0.05) is 0 Å². The zero-order chi connectivity index (χ0) is 17.3. The maximum atomic E-state index is 12.4. The Labute approximate surface area is 137 Å². The first kappa shape index (κ1) is 15.9. The van der Waals surface area contributed by atoms with Gasteiger partial charge in [0.2, 0.25) is 0 Å². The van der Waals surface area contributed by atoms with E-state index in [0.717, 1.165) is 18.5 Å². The molecule has 1 heterocycles. The number of nitrogens with zero attached hydrogens (tertiary/aromatic N) is 1. The smallest absolute Gasteiger partial charge is 0.335 e. The second-order valence-corrected chi connectivity index (χ2v) is 5.50. The van der Waals surface area contributed by atoms with Crippen molar-refractivity contribution in [2.24, 2.45) is 0 Å².